The monoisotopic (exact) mass is 508 g/mol. The zero-order chi connectivity index (χ0) is 26.1. The predicted molar refractivity (Wildman–Crippen MR) is 135 cm³/mol. The van der Waals surface area contributed by atoms with Crippen molar-refractivity contribution in [3.8, 4) is 11.9 Å². The molecule has 0 saturated carbocycles. The lowest BCUT2D eigenvalue weighted by molar-refractivity contribution is -0.137. The van der Waals surface area contributed by atoms with Crippen molar-refractivity contribution < 1.29 is 22.6 Å². The zero-order valence-corrected chi connectivity index (χ0v) is 20.2. The molecule has 37 heavy (non-hydrogen) atoms. The summed E-state index contributed by atoms with van der Waals surface area (Å²) in [6.45, 7) is 2.28. The van der Waals surface area contributed by atoms with Crippen LogP contribution in [-0.4, -0.2) is 36.3 Å². The molecule has 0 radical (unpaired) electrons. The quantitative estimate of drug-likeness (QED) is 0.192. The second kappa shape index (κ2) is 12.5. The van der Waals surface area contributed by atoms with E-state index in [0.717, 1.165) is 46.6 Å². The highest BCUT2D eigenvalue weighted by molar-refractivity contribution is 6.07. The van der Waals surface area contributed by atoms with Crippen molar-refractivity contribution in [1.29, 1.82) is 5.26 Å². The summed E-state index contributed by atoms with van der Waals surface area (Å²) < 4.78 is 50.9. The van der Waals surface area contributed by atoms with Gasteiger partial charge in [0.2, 0.25) is 5.88 Å². The molecule has 0 atom stereocenters. The molecule has 0 spiro atoms. The van der Waals surface area contributed by atoms with Gasteiger partial charge in [-0.05, 0) is 54.8 Å². The molecule has 6 nitrogen and oxygen atoms in total. The Morgan fingerprint density at radius 1 is 0.919 bits per heavy atom. The molecule has 4 rings (SSSR count). The average molecular weight is 509 g/mol. The van der Waals surface area contributed by atoms with Crippen molar-refractivity contribution in [2.75, 3.05) is 26.4 Å². The Balaban J connectivity index is 1.16. The summed E-state index contributed by atoms with van der Waals surface area (Å²) in [4.78, 5) is 8.87. The number of unbranched alkanes of at least 4 members (excludes halogenated alkanes) is 1. The van der Waals surface area contributed by atoms with E-state index in [-0.39, 0.29) is 6.42 Å². The van der Waals surface area contributed by atoms with E-state index >= 15 is 0 Å². The minimum atomic E-state index is -4.43. The molecule has 4 aromatic rings. The highest BCUT2D eigenvalue weighted by atomic mass is 19.4. The van der Waals surface area contributed by atoms with Crippen LogP contribution in [0, 0.1) is 11.3 Å². The number of nitriles is 1. The first kappa shape index (κ1) is 26.3. The molecule has 0 amide bonds. The van der Waals surface area contributed by atoms with Gasteiger partial charge in [0.05, 0.1) is 30.2 Å². The van der Waals surface area contributed by atoms with Gasteiger partial charge in [-0.25, -0.2) is 4.98 Å². The number of benzene rings is 2. The maximum atomic E-state index is 13.1. The summed E-state index contributed by atoms with van der Waals surface area (Å²) in [5.41, 5.74) is 1.00. The van der Waals surface area contributed by atoms with Crippen LogP contribution < -0.4 is 10.1 Å². The molecular formula is C28H27F3N4O2. The SMILES string of the molecule is N#CCc1cc(CNCCCCOCCOc2nc3ccccc3c3cnccc23)cc(C(F)(F)F)c1. The van der Waals surface area contributed by atoms with Crippen LogP contribution in [0.3, 0.4) is 0 Å². The van der Waals surface area contributed by atoms with Crippen LogP contribution in [0.5, 0.6) is 5.88 Å². The number of ether oxygens (including phenoxy) is 2. The van der Waals surface area contributed by atoms with Gasteiger partial charge in [-0.3, -0.25) is 4.98 Å². The van der Waals surface area contributed by atoms with Gasteiger partial charge in [0, 0.05) is 41.7 Å². The normalized spacial score (nSPS) is 11.6. The Morgan fingerprint density at radius 2 is 1.76 bits per heavy atom. The van der Waals surface area contributed by atoms with Gasteiger partial charge in [0.15, 0.2) is 0 Å². The zero-order valence-electron chi connectivity index (χ0n) is 20.2. The van der Waals surface area contributed by atoms with Gasteiger partial charge < -0.3 is 14.8 Å². The third kappa shape index (κ3) is 7.15. The Labute approximate surface area is 213 Å². The summed E-state index contributed by atoms with van der Waals surface area (Å²) in [6, 6.07) is 15.4. The average Bonchev–Trinajstić information content (AvgIpc) is 2.89. The molecule has 2 aromatic heterocycles. The highest BCUT2D eigenvalue weighted by Crippen LogP contribution is 2.31. The van der Waals surface area contributed by atoms with Crippen LogP contribution in [0.4, 0.5) is 13.2 Å². The van der Waals surface area contributed by atoms with E-state index in [2.05, 4.69) is 15.3 Å². The Bertz CT molecular complexity index is 1390. The summed E-state index contributed by atoms with van der Waals surface area (Å²) >= 11 is 0. The molecule has 0 aliphatic carbocycles. The second-order valence-electron chi connectivity index (χ2n) is 8.57. The molecule has 9 heteroatoms. The molecule has 0 aliphatic rings. The molecule has 2 heterocycles. The van der Waals surface area contributed by atoms with E-state index in [9.17, 15) is 13.2 Å². The van der Waals surface area contributed by atoms with Gasteiger partial charge in [0.1, 0.15) is 6.61 Å². The van der Waals surface area contributed by atoms with Gasteiger partial charge in [-0.2, -0.15) is 18.4 Å². The molecule has 0 saturated heterocycles. The van der Waals surface area contributed by atoms with Gasteiger partial charge in [0.25, 0.3) is 0 Å². The van der Waals surface area contributed by atoms with Gasteiger partial charge in [-0.15, -0.1) is 0 Å². The highest BCUT2D eigenvalue weighted by Gasteiger charge is 2.31. The fraction of sp³-hybridized carbons (Fsp3) is 0.321. The first-order chi connectivity index (χ1) is 18.0. The van der Waals surface area contributed by atoms with E-state index in [1.807, 2.05) is 42.6 Å². The van der Waals surface area contributed by atoms with Crippen molar-refractivity contribution in [2.24, 2.45) is 0 Å². The topological polar surface area (TPSA) is 80.1 Å². The maximum absolute atomic E-state index is 13.1. The van der Waals surface area contributed by atoms with E-state index in [1.54, 1.807) is 12.3 Å². The first-order valence-electron chi connectivity index (χ1n) is 12.1. The molecule has 0 aliphatic heterocycles. The molecule has 0 bridgehead atoms. The second-order valence-corrected chi connectivity index (χ2v) is 8.57. The number of alkyl halides is 3. The van der Waals surface area contributed by atoms with E-state index in [4.69, 9.17) is 14.7 Å². The number of hydrogen-bond donors (Lipinski definition) is 1. The van der Waals surface area contributed by atoms with Crippen molar-refractivity contribution >= 4 is 21.7 Å². The minimum Gasteiger partial charge on any atom is -0.475 e. The summed E-state index contributed by atoms with van der Waals surface area (Å²) in [6.07, 6.45) is 0.661. The summed E-state index contributed by atoms with van der Waals surface area (Å²) in [5, 5.41) is 14.9. The van der Waals surface area contributed by atoms with Crippen molar-refractivity contribution in [3.05, 3.63) is 77.6 Å². The third-order valence-corrected chi connectivity index (χ3v) is 5.82. The number of hydrogen-bond acceptors (Lipinski definition) is 6. The predicted octanol–water partition coefficient (Wildman–Crippen LogP) is 5.83. The third-order valence-electron chi connectivity index (χ3n) is 5.82. The van der Waals surface area contributed by atoms with E-state index in [1.165, 1.54) is 0 Å². The maximum Gasteiger partial charge on any atom is 0.416 e. The van der Waals surface area contributed by atoms with Gasteiger partial charge in [-0.1, -0.05) is 24.3 Å². The molecule has 192 valence electrons. The Morgan fingerprint density at radius 3 is 2.59 bits per heavy atom. The lowest BCUT2D eigenvalue weighted by Crippen LogP contribution is -2.17. The smallest absolute Gasteiger partial charge is 0.416 e. The molecule has 1 N–H and O–H groups in total. The standard InChI is InChI=1S/C28H27F3N4O2/c29-28(30,31)22-16-20(7-9-32)15-21(17-22)18-33-10-3-4-12-36-13-14-37-27-24-8-11-34-19-25(24)23-5-1-2-6-26(23)35-27/h1-2,5-6,8,11,15-17,19,33H,3-4,7,10,12-14,18H2. The fourth-order valence-corrected chi connectivity index (χ4v) is 4.08. The van der Waals surface area contributed by atoms with Crippen LogP contribution in [-0.2, 0) is 23.9 Å². The molecule has 0 unspecified atom stereocenters. The summed E-state index contributed by atoms with van der Waals surface area (Å²) in [7, 11) is 0. The number of nitrogens with zero attached hydrogens (tertiary/aromatic N) is 3. The molecule has 2 aromatic carbocycles. The van der Waals surface area contributed by atoms with Gasteiger partial charge >= 0.3 is 6.18 Å². The minimum absolute atomic E-state index is 0.0532. The van der Waals surface area contributed by atoms with Crippen molar-refractivity contribution in [3.63, 3.8) is 0 Å². The number of aromatic nitrogens is 2. The van der Waals surface area contributed by atoms with Crippen LogP contribution in [0.2, 0.25) is 0 Å². The summed E-state index contributed by atoms with van der Waals surface area (Å²) in [5.74, 6) is 0.552. The van der Waals surface area contributed by atoms with Crippen LogP contribution >= 0.6 is 0 Å². The van der Waals surface area contributed by atoms with Crippen molar-refractivity contribution in [1.82, 2.24) is 15.3 Å². The number of nitrogens with one attached hydrogen (secondary N) is 1. The number of para-hydroxylation sites is 1. The van der Waals surface area contributed by atoms with Crippen LogP contribution in [0.15, 0.2) is 60.9 Å². The Hall–Kier alpha value is -3.74. The number of fused-ring (bicyclic) bond motifs is 3. The number of pyridine rings is 2. The largest absolute Gasteiger partial charge is 0.475 e. The lowest BCUT2D eigenvalue weighted by Gasteiger charge is -2.12. The van der Waals surface area contributed by atoms with Crippen molar-refractivity contribution in [2.45, 2.75) is 32.0 Å². The fourth-order valence-electron chi connectivity index (χ4n) is 4.08. The number of rotatable bonds is 12. The van der Waals surface area contributed by atoms with Crippen LogP contribution in [0.25, 0.3) is 21.7 Å². The molecular weight excluding hydrogens is 481 g/mol. The first-order valence-corrected chi connectivity index (χ1v) is 12.1. The Kier molecular flexibility index (Phi) is 8.88. The number of halogens is 3. The molecule has 0 fully saturated rings. The van der Waals surface area contributed by atoms with Crippen LogP contribution in [0.1, 0.15) is 29.5 Å². The van der Waals surface area contributed by atoms with E-state index in [0.29, 0.717) is 49.9 Å². The van der Waals surface area contributed by atoms with E-state index < -0.39 is 11.7 Å². The lowest BCUT2D eigenvalue weighted by atomic mass is 10.0.